The molecule has 0 amide bonds. The Morgan fingerprint density at radius 1 is 1.22 bits per heavy atom. The third-order valence-corrected chi connectivity index (χ3v) is 4.23. The number of nitro groups is 2. The summed E-state index contributed by atoms with van der Waals surface area (Å²) in [6.45, 7) is -0.0694. The van der Waals surface area contributed by atoms with E-state index in [0.29, 0.717) is 4.47 Å². The van der Waals surface area contributed by atoms with Gasteiger partial charge in [-0.15, -0.1) is 0 Å². The first kappa shape index (κ1) is 20.4. The van der Waals surface area contributed by atoms with E-state index in [1.54, 1.807) is 6.07 Å². The predicted octanol–water partition coefficient (Wildman–Crippen LogP) is 3.74. The zero-order valence-electron chi connectivity index (χ0n) is 13.9. The monoisotopic (exact) mass is 456 g/mol. The number of nitro benzene ring substituents is 2. The van der Waals surface area contributed by atoms with E-state index >= 15 is 0 Å². The molecule has 0 radical (unpaired) electrons. The fourth-order valence-electron chi connectivity index (χ4n) is 2.17. The summed E-state index contributed by atoms with van der Waals surface area (Å²) in [7, 11) is 1.51. The third kappa shape index (κ3) is 5.05. The number of halogens is 2. The van der Waals surface area contributed by atoms with Gasteiger partial charge in [0.2, 0.25) is 0 Å². The minimum Gasteiger partial charge on any atom is -0.369 e. The van der Waals surface area contributed by atoms with Crippen molar-refractivity contribution in [2.75, 3.05) is 23.9 Å². The van der Waals surface area contributed by atoms with Gasteiger partial charge in [0, 0.05) is 28.7 Å². The molecule has 27 heavy (non-hydrogen) atoms. The van der Waals surface area contributed by atoms with E-state index in [1.165, 1.54) is 42.3 Å². The molecule has 2 aromatic carbocycles. The third-order valence-electron chi connectivity index (χ3n) is 3.51. The molecule has 10 nitrogen and oxygen atoms in total. The molecule has 2 aromatic rings. The number of guanidine groups is 1. The molecule has 0 aromatic heterocycles. The van der Waals surface area contributed by atoms with Gasteiger partial charge in [0.1, 0.15) is 18.0 Å². The standard InChI is InChI=1S/C15H14BrClN6O4/c1-21(12-5-3-10(17)7-14(12)23(26)27)15(18)20-8-19-11-4-2-9(16)6-13(11)22(24)25/h2-7,19H,8H2,1H3,(H2,18,20). The highest BCUT2D eigenvalue weighted by Crippen LogP contribution is 2.30. The van der Waals surface area contributed by atoms with E-state index in [2.05, 4.69) is 26.2 Å². The lowest BCUT2D eigenvalue weighted by Crippen LogP contribution is -2.35. The average molecular weight is 458 g/mol. The topological polar surface area (TPSA) is 140 Å². The number of nitrogens with zero attached hydrogens (tertiary/aromatic N) is 4. The van der Waals surface area contributed by atoms with Crippen LogP contribution in [0.1, 0.15) is 0 Å². The van der Waals surface area contributed by atoms with Crippen LogP contribution < -0.4 is 16.0 Å². The summed E-state index contributed by atoms with van der Waals surface area (Å²) in [5, 5.41) is 25.3. The molecule has 0 fully saturated rings. The maximum atomic E-state index is 11.2. The van der Waals surface area contributed by atoms with E-state index in [9.17, 15) is 20.2 Å². The van der Waals surface area contributed by atoms with Crippen molar-refractivity contribution in [1.82, 2.24) is 0 Å². The SMILES string of the molecule is CN(C(N)=NCNc1ccc(Br)cc1[N+](=O)[O-])c1ccc(Cl)cc1[N+](=O)[O-]. The Balaban J connectivity index is 2.17. The normalized spacial score (nSPS) is 11.1. The molecule has 142 valence electrons. The Hall–Kier alpha value is -2.92. The molecule has 3 N–H and O–H groups in total. The summed E-state index contributed by atoms with van der Waals surface area (Å²) in [6.07, 6.45) is 0. The lowest BCUT2D eigenvalue weighted by molar-refractivity contribution is -0.384. The number of hydrogen-bond donors (Lipinski definition) is 2. The number of nitrogens with two attached hydrogens (primary N) is 1. The van der Waals surface area contributed by atoms with E-state index < -0.39 is 9.85 Å². The van der Waals surface area contributed by atoms with Crippen LogP contribution in [0.25, 0.3) is 0 Å². The molecule has 0 saturated carbocycles. The van der Waals surface area contributed by atoms with E-state index in [-0.39, 0.29) is 40.4 Å². The van der Waals surface area contributed by atoms with Gasteiger partial charge in [0.25, 0.3) is 11.4 Å². The van der Waals surface area contributed by atoms with Gasteiger partial charge in [0.05, 0.1) is 9.85 Å². The van der Waals surface area contributed by atoms with Crippen LogP contribution in [0.2, 0.25) is 5.02 Å². The van der Waals surface area contributed by atoms with Gasteiger partial charge in [0.15, 0.2) is 5.96 Å². The average Bonchev–Trinajstić information content (AvgIpc) is 2.61. The largest absolute Gasteiger partial charge is 0.369 e. The molecule has 0 atom stereocenters. The van der Waals surface area contributed by atoms with Gasteiger partial charge in [-0.3, -0.25) is 20.2 Å². The summed E-state index contributed by atoms with van der Waals surface area (Å²) in [6, 6.07) is 8.70. The fourth-order valence-corrected chi connectivity index (χ4v) is 2.68. The van der Waals surface area contributed by atoms with Crippen LogP contribution in [0.5, 0.6) is 0 Å². The molecule has 0 saturated heterocycles. The maximum Gasteiger partial charge on any atom is 0.294 e. The van der Waals surface area contributed by atoms with Crippen LogP contribution in [0.4, 0.5) is 22.7 Å². The predicted molar refractivity (Wildman–Crippen MR) is 107 cm³/mol. The second-order valence-electron chi connectivity index (χ2n) is 5.22. The summed E-state index contributed by atoms with van der Waals surface area (Å²) in [5.74, 6) is -0.0207. The molecule has 2 rings (SSSR count). The van der Waals surface area contributed by atoms with Crippen molar-refractivity contribution in [2.24, 2.45) is 10.7 Å². The van der Waals surface area contributed by atoms with Crippen molar-refractivity contribution in [2.45, 2.75) is 0 Å². The van der Waals surface area contributed by atoms with Gasteiger partial charge in [-0.1, -0.05) is 27.5 Å². The number of benzene rings is 2. The van der Waals surface area contributed by atoms with E-state index in [0.717, 1.165) is 0 Å². The van der Waals surface area contributed by atoms with Gasteiger partial charge >= 0.3 is 0 Å². The van der Waals surface area contributed by atoms with Crippen molar-refractivity contribution in [3.05, 3.63) is 66.1 Å². The Labute approximate surface area is 167 Å². The first-order valence-corrected chi connectivity index (χ1v) is 8.53. The van der Waals surface area contributed by atoms with Crippen molar-refractivity contribution in [1.29, 1.82) is 0 Å². The minimum absolute atomic E-state index is 0.0207. The summed E-state index contributed by atoms with van der Waals surface area (Å²) < 4.78 is 0.567. The highest BCUT2D eigenvalue weighted by atomic mass is 79.9. The maximum absolute atomic E-state index is 11.2. The Morgan fingerprint density at radius 2 is 1.89 bits per heavy atom. The number of aliphatic imine (C=N–C) groups is 1. The molecule has 0 heterocycles. The molecular weight excluding hydrogens is 444 g/mol. The van der Waals surface area contributed by atoms with Crippen LogP contribution in [0.3, 0.4) is 0 Å². The summed E-state index contributed by atoms with van der Waals surface area (Å²) in [4.78, 5) is 26.6. The highest BCUT2D eigenvalue weighted by Gasteiger charge is 2.19. The van der Waals surface area contributed by atoms with Crippen molar-refractivity contribution < 1.29 is 9.85 Å². The molecular formula is C15H14BrClN6O4. The van der Waals surface area contributed by atoms with Crippen LogP contribution in [0.15, 0.2) is 45.9 Å². The number of hydrogen-bond acceptors (Lipinski definition) is 6. The van der Waals surface area contributed by atoms with Crippen LogP contribution in [-0.2, 0) is 0 Å². The van der Waals surface area contributed by atoms with Crippen LogP contribution in [-0.4, -0.2) is 29.5 Å². The molecule has 0 aliphatic carbocycles. The molecule has 0 aliphatic rings. The molecule has 12 heteroatoms. The zero-order valence-corrected chi connectivity index (χ0v) is 16.3. The molecule has 0 spiro atoms. The second kappa shape index (κ2) is 8.64. The molecule has 0 unspecified atom stereocenters. The Bertz CT molecular complexity index is 923. The van der Waals surface area contributed by atoms with Gasteiger partial charge in [-0.25, -0.2) is 4.99 Å². The summed E-state index contributed by atoms with van der Waals surface area (Å²) in [5.41, 5.74) is 6.01. The lowest BCUT2D eigenvalue weighted by Gasteiger charge is -2.18. The number of rotatable bonds is 6. The lowest BCUT2D eigenvalue weighted by atomic mass is 10.2. The van der Waals surface area contributed by atoms with Crippen molar-refractivity contribution >= 4 is 56.2 Å². The van der Waals surface area contributed by atoms with Crippen molar-refractivity contribution in [3.8, 4) is 0 Å². The number of nitrogens with one attached hydrogen (secondary N) is 1. The first-order valence-electron chi connectivity index (χ1n) is 7.36. The molecule has 0 bridgehead atoms. The first-order chi connectivity index (χ1) is 12.7. The Kier molecular flexibility index (Phi) is 6.53. The molecule has 0 aliphatic heterocycles. The quantitative estimate of drug-likeness (QED) is 0.291. The number of anilines is 2. The van der Waals surface area contributed by atoms with Gasteiger partial charge < -0.3 is 16.0 Å². The van der Waals surface area contributed by atoms with Crippen molar-refractivity contribution in [3.63, 3.8) is 0 Å². The van der Waals surface area contributed by atoms with Gasteiger partial charge in [-0.05, 0) is 24.3 Å². The fraction of sp³-hybridized carbons (Fsp3) is 0.133. The smallest absolute Gasteiger partial charge is 0.294 e. The van der Waals surface area contributed by atoms with Gasteiger partial charge in [-0.2, -0.15) is 0 Å². The van der Waals surface area contributed by atoms with E-state index in [4.69, 9.17) is 17.3 Å². The Morgan fingerprint density at radius 3 is 2.52 bits per heavy atom. The van der Waals surface area contributed by atoms with Crippen LogP contribution in [0, 0.1) is 20.2 Å². The van der Waals surface area contributed by atoms with Crippen LogP contribution >= 0.6 is 27.5 Å². The minimum atomic E-state index is -0.575. The summed E-state index contributed by atoms with van der Waals surface area (Å²) >= 11 is 8.97. The zero-order chi connectivity index (χ0) is 20.1. The highest BCUT2D eigenvalue weighted by molar-refractivity contribution is 9.10. The second-order valence-corrected chi connectivity index (χ2v) is 6.57. The van der Waals surface area contributed by atoms with E-state index in [1.807, 2.05) is 0 Å².